The number of hydrogen-bond acceptors (Lipinski definition) is 0. The van der Waals surface area contributed by atoms with Crippen molar-refractivity contribution in [1.82, 2.24) is 0 Å². The largest absolute Gasteiger partial charge is 0.266 e. The Hall–Kier alpha value is -0.470. The molecule has 0 unspecified atom stereocenters. The Bertz CT molecular complexity index is 69.5. The zero-order valence-corrected chi connectivity index (χ0v) is 3.79. The summed E-state index contributed by atoms with van der Waals surface area (Å²) >= 11 is 0. The number of rotatable bonds is 1. The molecule has 0 aliphatic carbocycles. The van der Waals surface area contributed by atoms with Crippen LogP contribution in [-0.2, 0) is 0 Å². The zero-order valence-electron chi connectivity index (χ0n) is 3.79. The summed E-state index contributed by atoms with van der Waals surface area (Å²) in [7, 11) is 0. The van der Waals surface area contributed by atoms with Gasteiger partial charge in [0.05, 0.1) is 6.33 Å². The summed E-state index contributed by atoms with van der Waals surface area (Å²) in [6.07, 6.45) is 0.0208. The Labute approximate surface area is 39.6 Å². The van der Waals surface area contributed by atoms with E-state index in [0.717, 1.165) is 0 Å². The van der Waals surface area contributed by atoms with E-state index in [0.29, 0.717) is 6.92 Å². The molecule has 0 aromatic rings. The molecule has 0 bridgehead atoms. The van der Waals surface area contributed by atoms with Gasteiger partial charge in [-0.1, -0.05) is 0 Å². The molecule has 0 amide bonds. The Morgan fingerprint density at radius 3 is 1.86 bits per heavy atom. The highest BCUT2D eigenvalue weighted by atomic mass is 19.3. The minimum Gasteiger partial charge on any atom is -0.216 e. The summed E-state index contributed by atoms with van der Waals surface area (Å²) < 4.78 is 33.6. The van der Waals surface area contributed by atoms with Crippen LogP contribution in [0, 0.1) is 0 Å². The Morgan fingerprint density at radius 1 is 1.43 bits per heavy atom. The molecule has 0 N–H and O–H groups in total. The molecular formula is C4H5F3. The molecule has 0 fully saturated rings. The van der Waals surface area contributed by atoms with E-state index >= 15 is 0 Å². The highest BCUT2D eigenvalue weighted by Gasteiger charge is 2.14. The first-order valence-corrected chi connectivity index (χ1v) is 1.72. The van der Waals surface area contributed by atoms with Crippen LogP contribution in [0.1, 0.15) is 6.92 Å². The van der Waals surface area contributed by atoms with Gasteiger partial charge in [0.15, 0.2) is 0 Å². The van der Waals surface area contributed by atoms with Crippen LogP contribution in [-0.4, -0.2) is 5.92 Å². The highest BCUT2D eigenvalue weighted by molar-refractivity contribution is 4.85. The normalized spacial score (nSPS) is 13.1. The molecule has 7 heavy (non-hydrogen) atoms. The van der Waals surface area contributed by atoms with Crippen molar-refractivity contribution in [3.05, 3.63) is 12.4 Å². The van der Waals surface area contributed by atoms with Gasteiger partial charge in [-0.05, 0) is 0 Å². The highest BCUT2D eigenvalue weighted by Crippen LogP contribution is 2.12. The Morgan fingerprint density at radius 2 is 1.86 bits per heavy atom. The van der Waals surface area contributed by atoms with Crippen LogP contribution >= 0.6 is 0 Å². The van der Waals surface area contributed by atoms with E-state index in [-0.39, 0.29) is 12.4 Å². The number of alkyl halides is 2. The van der Waals surface area contributed by atoms with E-state index in [1.54, 1.807) is 0 Å². The van der Waals surface area contributed by atoms with Crippen molar-refractivity contribution in [1.29, 1.82) is 0 Å². The summed E-state index contributed by atoms with van der Waals surface area (Å²) in [4.78, 5) is 0. The van der Waals surface area contributed by atoms with E-state index in [1.165, 1.54) is 0 Å². The summed E-state index contributed by atoms with van der Waals surface area (Å²) in [5, 5.41) is 0. The fourth-order valence-electron chi connectivity index (χ4n) is 0.111. The zero-order chi connectivity index (χ0) is 5.91. The monoisotopic (exact) mass is 110 g/mol. The van der Waals surface area contributed by atoms with Crippen LogP contribution in [0.15, 0.2) is 12.4 Å². The van der Waals surface area contributed by atoms with Crippen LogP contribution in [0.25, 0.3) is 0 Å². The third-order valence-corrected chi connectivity index (χ3v) is 0.356. The first kappa shape index (κ1) is 6.53. The summed E-state index contributed by atoms with van der Waals surface area (Å²) in [6.45, 7) is 0.614. The lowest BCUT2D eigenvalue weighted by atomic mass is 10.4. The van der Waals surface area contributed by atoms with E-state index in [1.807, 2.05) is 0 Å². The molecule has 0 radical (unpaired) electrons. The van der Waals surface area contributed by atoms with Gasteiger partial charge in [-0.2, -0.15) is 0 Å². The third-order valence-electron chi connectivity index (χ3n) is 0.356. The van der Waals surface area contributed by atoms with Crippen LogP contribution in [0.4, 0.5) is 13.2 Å². The first-order chi connectivity index (χ1) is 3.06. The second kappa shape index (κ2) is 2.00. The van der Waals surface area contributed by atoms with E-state index in [9.17, 15) is 13.2 Å². The molecule has 0 spiro atoms. The molecule has 0 aliphatic heterocycles. The molecule has 0 rings (SSSR count). The molecule has 0 aromatic heterocycles. The van der Waals surface area contributed by atoms with Crippen molar-refractivity contribution in [2.24, 2.45) is 0 Å². The van der Waals surface area contributed by atoms with Gasteiger partial charge in [-0.15, -0.1) is 0 Å². The lowest BCUT2D eigenvalue weighted by molar-refractivity contribution is 0.0762. The minimum absolute atomic E-state index is 0.167. The van der Waals surface area contributed by atoms with Crippen molar-refractivity contribution < 1.29 is 13.2 Å². The maximum atomic E-state index is 11.4. The third kappa shape index (κ3) is 5.53. The molecule has 0 aromatic carbocycles. The predicted octanol–water partition coefficient (Wildman–Crippen LogP) is 2.12. The van der Waals surface area contributed by atoms with Gasteiger partial charge < -0.3 is 0 Å². The van der Waals surface area contributed by atoms with E-state index < -0.39 is 5.92 Å². The SMILES string of the molecule is CC(F)(F)/C=C/F. The average Bonchev–Trinajstić information content (AvgIpc) is 1.30. The lowest BCUT2D eigenvalue weighted by Crippen LogP contribution is -2.02. The molecule has 0 atom stereocenters. The minimum atomic E-state index is -3.01. The molecule has 42 valence electrons. The fourth-order valence-corrected chi connectivity index (χ4v) is 0.111. The van der Waals surface area contributed by atoms with E-state index in [2.05, 4.69) is 0 Å². The number of allylic oxidation sites excluding steroid dienone is 1. The van der Waals surface area contributed by atoms with Crippen LogP contribution < -0.4 is 0 Å². The lowest BCUT2D eigenvalue weighted by Gasteiger charge is -1.97. The Balaban J connectivity index is 3.56. The maximum absolute atomic E-state index is 11.4. The smallest absolute Gasteiger partial charge is 0.216 e. The summed E-state index contributed by atoms with van der Waals surface area (Å²) in [5.41, 5.74) is 0. The molecule has 0 saturated heterocycles. The maximum Gasteiger partial charge on any atom is 0.266 e. The predicted molar refractivity (Wildman–Crippen MR) is 20.9 cm³/mol. The van der Waals surface area contributed by atoms with E-state index in [4.69, 9.17) is 0 Å². The summed E-state index contributed by atoms with van der Waals surface area (Å²) in [6, 6.07) is 0. The number of halogens is 3. The standard InChI is InChI=1S/C4H5F3/c1-4(6,7)2-3-5/h2-3H,1H3/b3-2+. The molecule has 0 aliphatic rings. The fraction of sp³-hybridized carbons (Fsp3) is 0.500. The molecule has 0 saturated carbocycles. The van der Waals surface area contributed by atoms with Gasteiger partial charge >= 0.3 is 0 Å². The van der Waals surface area contributed by atoms with Crippen molar-refractivity contribution in [3.8, 4) is 0 Å². The molecular weight excluding hydrogens is 105 g/mol. The van der Waals surface area contributed by atoms with Crippen molar-refractivity contribution in [2.75, 3.05) is 0 Å². The second-order valence-corrected chi connectivity index (χ2v) is 1.25. The van der Waals surface area contributed by atoms with Crippen LogP contribution in [0.3, 0.4) is 0 Å². The van der Waals surface area contributed by atoms with Gasteiger partial charge in [-0.25, -0.2) is 13.2 Å². The van der Waals surface area contributed by atoms with Gasteiger partial charge in [-0.3, -0.25) is 0 Å². The van der Waals surface area contributed by atoms with Crippen molar-refractivity contribution in [3.63, 3.8) is 0 Å². The number of hydrogen-bond donors (Lipinski definition) is 0. The van der Waals surface area contributed by atoms with Crippen molar-refractivity contribution >= 4 is 0 Å². The van der Waals surface area contributed by atoms with Crippen LogP contribution in [0.5, 0.6) is 0 Å². The Kier molecular flexibility index (Phi) is 1.87. The molecule has 3 heteroatoms. The van der Waals surface area contributed by atoms with Gasteiger partial charge in [0, 0.05) is 13.0 Å². The molecule has 0 nitrogen and oxygen atoms in total. The first-order valence-electron chi connectivity index (χ1n) is 1.72. The van der Waals surface area contributed by atoms with Crippen LogP contribution in [0.2, 0.25) is 0 Å². The summed E-state index contributed by atoms with van der Waals surface area (Å²) in [5.74, 6) is -3.01. The average molecular weight is 110 g/mol. The topological polar surface area (TPSA) is 0 Å². The van der Waals surface area contributed by atoms with Gasteiger partial charge in [0.25, 0.3) is 5.92 Å². The quantitative estimate of drug-likeness (QED) is 0.485. The second-order valence-electron chi connectivity index (χ2n) is 1.25. The van der Waals surface area contributed by atoms with Gasteiger partial charge in [0.1, 0.15) is 0 Å². The van der Waals surface area contributed by atoms with Gasteiger partial charge in [0.2, 0.25) is 0 Å². The van der Waals surface area contributed by atoms with Crippen molar-refractivity contribution in [2.45, 2.75) is 12.8 Å². The molecule has 0 heterocycles.